The Morgan fingerprint density at radius 1 is 1.42 bits per heavy atom. The number of ether oxygens (including phenoxy) is 2. The third kappa shape index (κ3) is 4.36. The molecule has 1 aliphatic heterocycles. The average Bonchev–Trinajstić information content (AvgIpc) is 2.43. The topological polar surface area (TPSA) is 97.4 Å². The van der Waals surface area contributed by atoms with Gasteiger partial charge in [-0.1, -0.05) is 12.1 Å². The monoisotopic (exact) mass is 273 g/mol. The Morgan fingerprint density at radius 2 is 2.05 bits per heavy atom. The number of rotatable bonds is 6. The highest BCUT2D eigenvalue weighted by atomic mass is 16.5. The van der Waals surface area contributed by atoms with E-state index in [-0.39, 0.29) is 23.8 Å². The van der Waals surface area contributed by atoms with Crippen LogP contribution in [0.2, 0.25) is 0 Å². The Bertz CT molecular complexity index is 325. The van der Waals surface area contributed by atoms with Gasteiger partial charge < -0.3 is 25.3 Å². The maximum atomic E-state index is 11.9. The first kappa shape index (κ1) is 15.7. The molecule has 7 nitrogen and oxygen atoms in total. The van der Waals surface area contributed by atoms with Crippen molar-refractivity contribution in [3.63, 3.8) is 0 Å². The van der Waals surface area contributed by atoms with Crippen LogP contribution in [0.5, 0.6) is 0 Å². The summed E-state index contributed by atoms with van der Waals surface area (Å²) in [6.07, 6.45) is 1.37. The number of methoxy groups -OCH3 is 1. The van der Waals surface area contributed by atoms with Crippen LogP contribution in [0.3, 0.4) is 0 Å². The van der Waals surface area contributed by atoms with E-state index in [2.05, 4.69) is 5.16 Å². The lowest BCUT2D eigenvalue weighted by Gasteiger charge is -2.38. The largest absolute Gasteiger partial charge is 0.409 e. The molecule has 0 bridgehead atoms. The van der Waals surface area contributed by atoms with Gasteiger partial charge in [-0.2, -0.15) is 0 Å². The van der Waals surface area contributed by atoms with Gasteiger partial charge in [0.25, 0.3) is 0 Å². The highest BCUT2D eigenvalue weighted by Gasteiger charge is 2.35. The van der Waals surface area contributed by atoms with E-state index >= 15 is 0 Å². The summed E-state index contributed by atoms with van der Waals surface area (Å²) in [5.41, 5.74) is 5.34. The van der Waals surface area contributed by atoms with Gasteiger partial charge in [0.05, 0.1) is 13.2 Å². The highest BCUT2D eigenvalue weighted by Crippen LogP contribution is 2.30. The van der Waals surface area contributed by atoms with E-state index in [9.17, 15) is 4.79 Å². The number of nitrogens with zero attached hydrogens (tertiary/aromatic N) is 2. The van der Waals surface area contributed by atoms with Gasteiger partial charge >= 0.3 is 0 Å². The van der Waals surface area contributed by atoms with Crippen molar-refractivity contribution in [2.45, 2.75) is 19.8 Å². The molecule has 0 saturated carbocycles. The summed E-state index contributed by atoms with van der Waals surface area (Å²) in [6, 6.07) is 0. The molecule has 1 heterocycles. The van der Waals surface area contributed by atoms with Crippen LogP contribution in [0.1, 0.15) is 19.8 Å². The molecule has 1 fully saturated rings. The van der Waals surface area contributed by atoms with Crippen LogP contribution in [0.25, 0.3) is 0 Å². The van der Waals surface area contributed by atoms with Gasteiger partial charge in [0.1, 0.15) is 12.4 Å². The Balaban J connectivity index is 2.35. The number of hydrogen-bond donors (Lipinski definition) is 2. The minimum Gasteiger partial charge on any atom is -0.409 e. The second kappa shape index (κ2) is 7.30. The average molecular weight is 273 g/mol. The van der Waals surface area contributed by atoms with Crippen LogP contribution >= 0.6 is 0 Å². The lowest BCUT2D eigenvalue weighted by molar-refractivity contribution is -0.138. The molecule has 110 valence electrons. The van der Waals surface area contributed by atoms with Gasteiger partial charge in [-0.05, 0) is 12.8 Å². The molecule has 7 heteroatoms. The van der Waals surface area contributed by atoms with Crippen molar-refractivity contribution >= 4 is 11.7 Å². The summed E-state index contributed by atoms with van der Waals surface area (Å²) in [6.45, 7) is 4.10. The Morgan fingerprint density at radius 3 is 2.58 bits per heavy atom. The zero-order valence-corrected chi connectivity index (χ0v) is 11.6. The van der Waals surface area contributed by atoms with Gasteiger partial charge in [-0.25, -0.2) is 0 Å². The second-order valence-electron chi connectivity index (χ2n) is 4.97. The van der Waals surface area contributed by atoms with Crippen molar-refractivity contribution in [2.24, 2.45) is 16.3 Å². The van der Waals surface area contributed by atoms with Crippen molar-refractivity contribution in [2.75, 3.05) is 40.0 Å². The maximum absolute atomic E-state index is 11.9. The normalized spacial score (nSPS) is 19.5. The van der Waals surface area contributed by atoms with E-state index in [0.29, 0.717) is 39.1 Å². The van der Waals surface area contributed by atoms with Crippen LogP contribution in [-0.2, 0) is 14.3 Å². The summed E-state index contributed by atoms with van der Waals surface area (Å²) in [4.78, 5) is 13.6. The summed E-state index contributed by atoms with van der Waals surface area (Å²) in [5.74, 6) is 0.202. The molecule has 0 unspecified atom stereocenters. The number of piperidine rings is 1. The Hall–Kier alpha value is -1.34. The molecule has 0 aromatic rings. The number of carbonyl (C=O) groups is 1. The van der Waals surface area contributed by atoms with Gasteiger partial charge in [-0.3, -0.25) is 4.79 Å². The summed E-state index contributed by atoms with van der Waals surface area (Å²) in [7, 11) is 1.59. The zero-order valence-electron chi connectivity index (χ0n) is 11.6. The first-order valence-corrected chi connectivity index (χ1v) is 6.36. The molecule has 1 amide bonds. The van der Waals surface area contributed by atoms with Crippen molar-refractivity contribution in [3.8, 4) is 0 Å². The van der Waals surface area contributed by atoms with Crippen molar-refractivity contribution in [1.82, 2.24) is 4.90 Å². The summed E-state index contributed by atoms with van der Waals surface area (Å²) < 4.78 is 10.0. The van der Waals surface area contributed by atoms with E-state index in [1.165, 1.54) is 0 Å². The summed E-state index contributed by atoms with van der Waals surface area (Å²) >= 11 is 0. The van der Waals surface area contributed by atoms with Crippen molar-refractivity contribution in [3.05, 3.63) is 0 Å². The van der Waals surface area contributed by atoms with Crippen LogP contribution in [0.15, 0.2) is 5.16 Å². The molecular weight excluding hydrogens is 250 g/mol. The lowest BCUT2D eigenvalue weighted by atomic mass is 9.79. The van der Waals surface area contributed by atoms with Crippen LogP contribution in [0.4, 0.5) is 0 Å². The van der Waals surface area contributed by atoms with E-state index in [1.54, 1.807) is 12.0 Å². The number of hydrogen-bond acceptors (Lipinski definition) is 5. The SMILES string of the molecule is COCCOCC(=O)N1CCC(C)(C(N)=NO)CC1. The highest BCUT2D eigenvalue weighted by molar-refractivity contribution is 5.86. The third-order valence-electron chi connectivity index (χ3n) is 3.60. The fraction of sp³-hybridized carbons (Fsp3) is 0.833. The van der Waals surface area contributed by atoms with Crippen LogP contribution in [0, 0.1) is 5.41 Å². The third-order valence-corrected chi connectivity index (χ3v) is 3.60. The number of likely N-dealkylation sites (tertiary alicyclic amines) is 1. The van der Waals surface area contributed by atoms with Crippen LogP contribution in [-0.4, -0.2) is 61.9 Å². The quantitative estimate of drug-likeness (QED) is 0.234. The summed E-state index contributed by atoms with van der Waals surface area (Å²) in [5, 5.41) is 11.8. The van der Waals surface area contributed by atoms with E-state index in [1.807, 2.05) is 6.92 Å². The Labute approximate surface area is 113 Å². The van der Waals surface area contributed by atoms with Crippen molar-refractivity contribution in [1.29, 1.82) is 0 Å². The predicted molar refractivity (Wildman–Crippen MR) is 70.0 cm³/mol. The fourth-order valence-electron chi connectivity index (χ4n) is 2.02. The minimum atomic E-state index is -0.331. The molecule has 0 spiro atoms. The molecule has 19 heavy (non-hydrogen) atoms. The van der Waals surface area contributed by atoms with Gasteiger partial charge in [0, 0.05) is 25.6 Å². The van der Waals surface area contributed by atoms with Crippen molar-refractivity contribution < 1.29 is 19.5 Å². The van der Waals surface area contributed by atoms with E-state index in [0.717, 1.165) is 0 Å². The molecule has 0 aliphatic carbocycles. The maximum Gasteiger partial charge on any atom is 0.248 e. The number of oxime groups is 1. The molecule has 0 aromatic carbocycles. The second-order valence-corrected chi connectivity index (χ2v) is 4.97. The number of amidine groups is 1. The first-order valence-electron chi connectivity index (χ1n) is 6.36. The smallest absolute Gasteiger partial charge is 0.248 e. The van der Waals surface area contributed by atoms with E-state index < -0.39 is 0 Å². The molecule has 0 radical (unpaired) electrons. The predicted octanol–water partition coefficient (Wildman–Crippen LogP) is 0.0245. The molecule has 0 atom stereocenters. The molecule has 3 N–H and O–H groups in total. The molecule has 1 saturated heterocycles. The van der Waals surface area contributed by atoms with Gasteiger partial charge in [0.2, 0.25) is 5.91 Å². The first-order chi connectivity index (χ1) is 9.03. The Kier molecular flexibility index (Phi) is 6.04. The number of nitrogens with two attached hydrogens (primary N) is 1. The number of carbonyl (C=O) groups excluding carboxylic acids is 1. The van der Waals surface area contributed by atoms with Gasteiger partial charge in [0.15, 0.2) is 0 Å². The van der Waals surface area contributed by atoms with E-state index in [4.69, 9.17) is 20.4 Å². The molecule has 1 aliphatic rings. The van der Waals surface area contributed by atoms with Gasteiger partial charge in [-0.15, -0.1) is 0 Å². The molecular formula is C12H23N3O4. The lowest BCUT2D eigenvalue weighted by Crippen LogP contribution is -2.48. The minimum absolute atomic E-state index is 0.0299. The molecule has 0 aromatic heterocycles. The zero-order chi connectivity index (χ0) is 14.3. The standard InChI is InChI=1S/C12H23N3O4/c1-12(11(13)14-17)3-5-15(6-4-12)10(16)9-19-8-7-18-2/h17H,3-9H2,1-2H3,(H2,13,14). The van der Waals surface area contributed by atoms with Crippen LogP contribution < -0.4 is 5.73 Å². The molecule has 1 rings (SSSR count). The fourth-order valence-corrected chi connectivity index (χ4v) is 2.02. The number of amides is 1.